The number of aliphatic carboxylic acids is 1. The van der Waals surface area contributed by atoms with Crippen LogP contribution in [0.3, 0.4) is 0 Å². The molecule has 0 fully saturated rings. The Kier molecular flexibility index (Phi) is 3.27. The highest BCUT2D eigenvalue weighted by molar-refractivity contribution is 5.89. The van der Waals surface area contributed by atoms with Crippen LogP contribution < -0.4 is 0 Å². The van der Waals surface area contributed by atoms with Crippen molar-refractivity contribution in [3.05, 3.63) is 30.0 Å². The summed E-state index contributed by atoms with van der Waals surface area (Å²) in [6, 6.07) is 6.94. The molecular formula is C12H11NO5. The molecule has 1 heterocycles. The van der Waals surface area contributed by atoms with Crippen LogP contribution in [0.1, 0.15) is 18.0 Å². The zero-order chi connectivity index (χ0) is 13.1. The Hall–Kier alpha value is -2.37. The van der Waals surface area contributed by atoms with Crippen molar-refractivity contribution >= 4 is 22.9 Å². The molecule has 1 aromatic heterocycles. The number of carboxylic acid groups (broad SMARTS) is 1. The van der Waals surface area contributed by atoms with E-state index in [0.29, 0.717) is 16.7 Å². The molecule has 1 unspecified atom stereocenters. The van der Waals surface area contributed by atoms with E-state index in [1.165, 1.54) is 7.11 Å². The van der Waals surface area contributed by atoms with Gasteiger partial charge in [-0.3, -0.25) is 9.59 Å². The van der Waals surface area contributed by atoms with Crippen molar-refractivity contribution in [1.29, 1.82) is 0 Å². The molecule has 6 nitrogen and oxygen atoms in total. The summed E-state index contributed by atoms with van der Waals surface area (Å²) in [6.07, 6.45) is -0.386. The van der Waals surface area contributed by atoms with Gasteiger partial charge in [0.2, 0.25) is 0 Å². The van der Waals surface area contributed by atoms with Crippen LogP contribution in [0.4, 0.5) is 0 Å². The molecule has 18 heavy (non-hydrogen) atoms. The summed E-state index contributed by atoms with van der Waals surface area (Å²) < 4.78 is 9.66. The van der Waals surface area contributed by atoms with Gasteiger partial charge in [0.25, 0.3) is 0 Å². The molecule has 0 radical (unpaired) electrons. The maximum Gasteiger partial charge on any atom is 0.315 e. The monoisotopic (exact) mass is 249 g/mol. The minimum atomic E-state index is -1.10. The lowest BCUT2D eigenvalue weighted by molar-refractivity contribution is -0.147. The number of carbonyl (C=O) groups is 2. The fourth-order valence-electron chi connectivity index (χ4n) is 1.77. The Morgan fingerprint density at radius 3 is 2.83 bits per heavy atom. The molecular weight excluding hydrogens is 238 g/mol. The number of rotatable bonds is 4. The molecule has 1 N–H and O–H groups in total. The molecule has 0 aliphatic rings. The van der Waals surface area contributed by atoms with Gasteiger partial charge in [0, 0.05) is 5.39 Å². The number of para-hydroxylation sites is 1. The van der Waals surface area contributed by atoms with Crippen molar-refractivity contribution in [3.63, 3.8) is 0 Å². The lowest BCUT2D eigenvalue weighted by atomic mass is 9.98. The van der Waals surface area contributed by atoms with E-state index < -0.39 is 17.9 Å². The van der Waals surface area contributed by atoms with Crippen LogP contribution >= 0.6 is 0 Å². The molecule has 0 bridgehead atoms. The Morgan fingerprint density at radius 1 is 1.44 bits per heavy atom. The number of hydrogen-bond donors (Lipinski definition) is 1. The Morgan fingerprint density at radius 2 is 2.17 bits per heavy atom. The number of benzene rings is 1. The quantitative estimate of drug-likeness (QED) is 0.827. The summed E-state index contributed by atoms with van der Waals surface area (Å²) in [5.74, 6) is -2.70. The molecule has 0 saturated heterocycles. The third-order valence-electron chi connectivity index (χ3n) is 2.60. The average molecular weight is 249 g/mol. The first-order valence-corrected chi connectivity index (χ1v) is 5.27. The van der Waals surface area contributed by atoms with Crippen LogP contribution in [-0.4, -0.2) is 29.3 Å². The molecule has 0 aliphatic carbocycles. The van der Waals surface area contributed by atoms with Gasteiger partial charge >= 0.3 is 11.9 Å². The zero-order valence-corrected chi connectivity index (χ0v) is 9.62. The van der Waals surface area contributed by atoms with E-state index >= 15 is 0 Å². The fraction of sp³-hybridized carbons (Fsp3) is 0.250. The van der Waals surface area contributed by atoms with Crippen LogP contribution in [0.15, 0.2) is 28.8 Å². The highest BCUT2D eigenvalue weighted by Gasteiger charge is 2.29. The third-order valence-corrected chi connectivity index (χ3v) is 2.60. The molecule has 2 rings (SSSR count). The van der Waals surface area contributed by atoms with Crippen LogP contribution in [-0.2, 0) is 14.3 Å². The van der Waals surface area contributed by atoms with Gasteiger partial charge in [-0.2, -0.15) is 0 Å². The topological polar surface area (TPSA) is 89.6 Å². The highest BCUT2D eigenvalue weighted by Crippen LogP contribution is 2.28. The Bertz CT molecular complexity index is 589. The Balaban J connectivity index is 2.47. The van der Waals surface area contributed by atoms with Crippen molar-refractivity contribution in [2.75, 3.05) is 7.11 Å². The van der Waals surface area contributed by atoms with Crippen LogP contribution in [0.25, 0.3) is 11.0 Å². The van der Waals surface area contributed by atoms with Crippen LogP contribution in [0.5, 0.6) is 0 Å². The number of carboxylic acids is 1. The van der Waals surface area contributed by atoms with Crippen LogP contribution in [0, 0.1) is 0 Å². The molecule has 6 heteroatoms. The predicted octanol–water partition coefficient (Wildman–Crippen LogP) is 1.56. The normalized spacial score (nSPS) is 12.3. The first-order valence-electron chi connectivity index (χ1n) is 5.27. The number of ether oxygens (including phenoxy) is 1. The molecule has 2 aromatic rings. The van der Waals surface area contributed by atoms with Gasteiger partial charge in [-0.15, -0.1) is 0 Å². The van der Waals surface area contributed by atoms with Crippen molar-refractivity contribution in [2.45, 2.75) is 12.3 Å². The lowest BCUT2D eigenvalue weighted by Crippen LogP contribution is -2.18. The van der Waals surface area contributed by atoms with E-state index in [1.807, 2.05) is 0 Å². The lowest BCUT2D eigenvalue weighted by Gasteiger charge is -2.09. The maximum absolute atomic E-state index is 11.6. The number of nitrogens with zero attached hydrogens (tertiary/aromatic N) is 1. The van der Waals surface area contributed by atoms with Crippen molar-refractivity contribution in [3.8, 4) is 0 Å². The molecule has 94 valence electrons. The van der Waals surface area contributed by atoms with Gasteiger partial charge in [0.05, 0.1) is 13.5 Å². The second kappa shape index (κ2) is 4.87. The summed E-state index contributed by atoms with van der Waals surface area (Å²) in [5.41, 5.74) is 0.798. The molecule has 1 aromatic carbocycles. The molecule has 0 aliphatic heterocycles. The number of methoxy groups -OCH3 is 1. The van der Waals surface area contributed by atoms with E-state index in [0.717, 1.165) is 0 Å². The summed E-state index contributed by atoms with van der Waals surface area (Å²) >= 11 is 0. The zero-order valence-electron chi connectivity index (χ0n) is 9.62. The van der Waals surface area contributed by atoms with E-state index in [-0.39, 0.29) is 6.42 Å². The summed E-state index contributed by atoms with van der Waals surface area (Å²) in [7, 11) is 1.21. The van der Waals surface area contributed by atoms with Gasteiger partial charge in [0.15, 0.2) is 5.58 Å². The molecule has 1 atom stereocenters. The molecule has 0 spiro atoms. The number of aromatic nitrogens is 1. The number of fused-ring (bicyclic) bond motifs is 1. The van der Waals surface area contributed by atoms with E-state index in [2.05, 4.69) is 9.89 Å². The van der Waals surface area contributed by atoms with Gasteiger partial charge in [0.1, 0.15) is 11.6 Å². The third kappa shape index (κ3) is 2.17. The van der Waals surface area contributed by atoms with Crippen molar-refractivity contribution < 1.29 is 24.0 Å². The summed E-state index contributed by atoms with van der Waals surface area (Å²) in [5, 5.41) is 13.2. The predicted molar refractivity (Wildman–Crippen MR) is 61.0 cm³/mol. The van der Waals surface area contributed by atoms with Gasteiger partial charge in [-0.1, -0.05) is 17.3 Å². The molecule has 0 saturated carbocycles. The van der Waals surface area contributed by atoms with Crippen LogP contribution in [0.2, 0.25) is 0 Å². The largest absolute Gasteiger partial charge is 0.481 e. The summed E-state index contributed by atoms with van der Waals surface area (Å²) in [4.78, 5) is 22.4. The number of carbonyl (C=O) groups excluding carboxylic acids is 1. The Labute approximate surface area is 102 Å². The summed E-state index contributed by atoms with van der Waals surface area (Å²) in [6.45, 7) is 0. The number of esters is 1. The van der Waals surface area contributed by atoms with E-state index in [1.54, 1.807) is 24.3 Å². The van der Waals surface area contributed by atoms with Crippen molar-refractivity contribution in [2.24, 2.45) is 0 Å². The SMILES string of the molecule is COC(=O)C(CC(=O)O)c1noc2ccccc12. The smallest absolute Gasteiger partial charge is 0.315 e. The average Bonchev–Trinajstić information content (AvgIpc) is 2.78. The number of hydrogen-bond acceptors (Lipinski definition) is 5. The maximum atomic E-state index is 11.6. The first-order chi connectivity index (χ1) is 8.63. The van der Waals surface area contributed by atoms with Gasteiger partial charge in [-0.05, 0) is 12.1 Å². The van der Waals surface area contributed by atoms with Gasteiger partial charge in [-0.25, -0.2) is 0 Å². The van der Waals surface area contributed by atoms with E-state index in [9.17, 15) is 9.59 Å². The van der Waals surface area contributed by atoms with Crippen molar-refractivity contribution in [1.82, 2.24) is 5.16 Å². The fourth-order valence-corrected chi connectivity index (χ4v) is 1.77. The van der Waals surface area contributed by atoms with E-state index in [4.69, 9.17) is 9.63 Å². The standard InChI is InChI=1S/C12H11NO5/c1-17-12(16)8(6-10(14)15)11-7-4-2-3-5-9(7)18-13-11/h2-5,8H,6H2,1H3,(H,14,15). The first kappa shape index (κ1) is 12.1. The second-order valence-corrected chi connectivity index (χ2v) is 3.74. The minimum Gasteiger partial charge on any atom is -0.481 e. The van der Waals surface area contributed by atoms with Gasteiger partial charge < -0.3 is 14.4 Å². The second-order valence-electron chi connectivity index (χ2n) is 3.74. The molecule has 0 amide bonds. The minimum absolute atomic E-state index is 0.292. The highest BCUT2D eigenvalue weighted by atomic mass is 16.5.